The van der Waals surface area contributed by atoms with E-state index in [9.17, 15) is 4.79 Å². The van der Waals surface area contributed by atoms with Crippen LogP contribution in [-0.4, -0.2) is 63.0 Å². The van der Waals surface area contributed by atoms with Gasteiger partial charge in [0, 0.05) is 38.4 Å². The molecule has 1 aromatic carbocycles. The molecule has 2 aromatic heterocycles. The lowest BCUT2D eigenvalue weighted by Gasteiger charge is -2.38. The number of amides is 1. The Balaban J connectivity index is 1.59. The molecule has 1 aliphatic heterocycles. The van der Waals surface area contributed by atoms with E-state index in [4.69, 9.17) is 0 Å². The molecule has 4 rings (SSSR count). The topological polar surface area (TPSA) is 65.8 Å². The van der Waals surface area contributed by atoms with E-state index < -0.39 is 0 Å². The molecule has 7 heteroatoms. The summed E-state index contributed by atoms with van der Waals surface area (Å²) in [6, 6.07) is 14.4. The average molecular weight is 393 g/mol. The zero-order chi connectivity index (χ0) is 20.4. The number of hydrogen-bond acceptors (Lipinski definition) is 5. The quantitative estimate of drug-likeness (QED) is 0.722. The minimum atomic E-state index is -0.0794. The standard InChI is InChI=1S/C22H28N6O/c1-16(2)23-22(29)18-9-10-20-24-25-21(28(20)14-18)19-15-27(12-11-26(19)3)13-17-7-5-4-6-8-17/h4-10,14,16,19H,11-13,15H2,1-3H3,(H,23,29)/t19-/m0/s1. The van der Waals surface area contributed by atoms with E-state index in [1.165, 1.54) is 5.56 Å². The maximum atomic E-state index is 12.4. The summed E-state index contributed by atoms with van der Waals surface area (Å²) in [5.41, 5.74) is 2.69. The van der Waals surface area contributed by atoms with Gasteiger partial charge < -0.3 is 5.32 Å². The van der Waals surface area contributed by atoms with Crippen molar-refractivity contribution in [3.05, 3.63) is 65.6 Å². The van der Waals surface area contributed by atoms with Crippen LogP contribution in [0.2, 0.25) is 0 Å². The molecular weight excluding hydrogens is 364 g/mol. The number of piperazine rings is 1. The van der Waals surface area contributed by atoms with Crippen LogP contribution < -0.4 is 5.32 Å². The molecule has 3 aromatic rings. The molecular formula is C22H28N6O. The molecule has 152 valence electrons. The van der Waals surface area contributed by atoms with Crippen LogP contribution in [0.5, 0.6) is 0 Å². The summed E-state index contributed by atoms with van der Waals surface area (Å²) in [6.45, 7) is 7.68. The van der Waals surface area contributed by atoms with Crippen LogP contribution in [0.1, 0.15) is 41.6 Å². The first-order valence-electron chi connectivity index (χ1n) is 10.1. The number of hydrogen-bond donors (Lipinski definition) is 1. The van der Waals surface area contributed by atoms with Gasteiger partial charge in [0.2, 0.25) is 0 Å². The SMILES string of the molecule is CC(C)NC(=O)c1ccc2nnc([C@@H]3CN(Cc4ccccc4)CCN3C)n2c1. The van der Waals surface area contributed by atoms with Gasteiger partial charge in [-0.05, 0) is 38.6 Å². The lowest BCUT2D eigenvalue weighted by Crippen LogP contribution is -2.46. The Hall–Kier alpha value is -2.77. The molecule has 1 atom stereocenters. The van der Waals surface area contributed by atoms with Gasteiger partial charge in [-0.15, -0.1) is 10.2 Å². The van der Waals surface area contributed by atoms with Gasteiger partial charge in [-0.1, -0.05) is 30.3 Å². The van der Waals surface area contributed by atoms with E-state index in [1.807, 2.05) is 36.6 Å². The number of rotatable bonds is 5. The summed E-state index contributed by atoms with van der Waals surface area (Å²) >= 11 is 0. The number of nitrogens with zero attached hydrogens (tertiary/aromatic N) is 5. The molecule has 1 aliphatic rings. The highest BCUT2D eigenvalue weighted by atomic mass is 16.1. The molecule has 0 radical (unpaired) electrons. The molecule has 0 aliphatic carbocycles. The van der Waals surface area contributed by atoms with Gasteiger partial charge in [-0.25, -0.2) is 0 Å². The summed E-state index contributed by atoms with van der Waals surface area (Å²) in [5, 5.41) is 11.8. The molecule has 7 nitrogen and oxygen atoms in total. The first-order chi connectivity index (χ1) is 14.0. The summed E-state index contributed by atoms with van der Waals surface area (Å²) in [5.74, 6) is 0.795. The third-order valence-electron chi connectivity index (χ3n) is 5.39. The van der Waals surface area contributed by atoms with Crippen molar-refractivity contribution in [3.8, 4) is 0 Å². The number of nitrogens with one attached hydrogen (secondary N) is 1. The fourth-order valence-corrected chi connectivity index (χ4v) is 3.81. The predicted molar refractivity (Wildman–Crippen MR) is 113 cm³/mol. The van der Waals surface area contributed by atoms with E-state index in [2.05, 4.69) is 56.6 Å². The van der Waals surface area contributed by atoms with Crippen LogP contribution in [0, 0.1) is 0 Å². The van der Waals surface area contributed by atoms with Crippen LogP contribution in [0.15, 0.2) is 48.7 Å². The van der Waals surface area contributed by atoms with Gasteiger partial charge in [0.25, 0.3) is 5.91 Å². The van der Waals surface area contributed by atoms with E-state index in [0.29, 0.717) is 5.56 Å². The molecule has 0 bridgehead atoms. The second-order valence-corrected chi connectivity index (χ2v) is 8.05. The minimum Gasteiger partial charge on any atom is -0.350 e. The van der Waals surface area contributed by atoms with Gasteiger partial charge in [-0.3, -0.25) is 19.0 Å². The van der Waals surface area contributed by atoms with Gasteiger partial charge >= 0.3 is 0 Å². The zero-order valence-corrected chi connectivity index (χ0v) is 17.2. The summed E-state index contributed by atoms with van der Waals surface area (Å²) in [6.07, 6.45) is 1.85. The lowest BCUT2D eigenvalue weighted by molar-refractivity contribution is 0.0852. The Labute approximate surface area is 171 Å². The van der Waals surface area contributed by atoms with Crippen LogP contribution in [0.4, 0.5) is 0 Å². The molecule has 1 saturated heterocycles. The smallest absolute Gasteiger partial charge is 0.252 e. The first kappa shape index (κ1) is 19.5. The highest BCUT2D eigenvalue weighted by Crippen LogP contribution is 2.24. The highest BCUT2D eigenvalue weighted by Gasteiger charge is 2.29. The minimum absolute atomic E-state index is 0.0794. The Morgan fingerprint density at radius 2 is 1.93 bits per heavy atom. The van der Waals surface area contributed by atoms with Gasteiger partial charge in [0.15, 0.2) is 11.5 Å². The lowest BCUT2D eigenvalue weighted by atomic mass is 10.1. The van der Waals surface area contributed by atoms with Gasteiger partial charge in [0.05, 0.1) is 11.6 Å². The molecule has 0 saturated carbocycles. The second-order valence-electron chi connectivity index (χ2n) is 8.05. The Morgan fingerprint density at radius 1 is 1.14 bits per heavy atom. The van der Waals surface area contributed by atoms with Crippen molar-refractivity contribution in [2.24, 2.45) is 0 Å². The molecule has 3 heterocycles. The molecule has 1 fully saturated rings. The van der Waals surface area contributed by atoms with Crippen molar-refractivity contribution in [2.75, 3.05) is 26.7 Å². The Bertz CT molecular complexity index is 983. The first-order valence-corrected chi connectivity index (χ1v) is 10.1. The zero-order valence-electron chi connectivity index (χ0n) is 17.2. The summed E-state index contributed by atoms with van der Waals surface area (Å²) < 4.78 is 1.96. The molecule has 1 amide bonds. The van der Waals surface area contributed by atoms with E-state index >= 15 is 0 Å². The highest BCUT2D eigenvalue weighted by molar-refractivity contribution is 5.94. The average Bonchev–Trinajstić information content (AvgIpc) is 3.13. The van der Waals surface area contributed by atoms with Gasteiger partial charge in [0.1, 0.15) is 0 Å². The van der Waals surface area contributed by atoms with Crippen LogP contribution in [-0.2, 0) is 6.54 Å². The Morgan fingerprint density at radius 3 is 2.69 bits per heavy atom. The van der Waals surface area contributed by atoms with Crippen LogP contribution in [0.25, 0.3) is 5.65 Å². The van der Waals surface area contributed by atoms with Crippen molar-refractivity contribution in [1.29, 1.82) is 0 Å². The molecule has 0 unspecified atom stereocenters. The number of aromatic nitrogens is 3. The fourth-order valence-electron chi connectivity index (χ4n) is 3.81. The molecule has 29 heavy (non-hydrogen) atoms. The summed E-state index contributed by atoms with van der Waals surface area (Å²) in [4.78, 5) is 17.2. The number of carbonyl (C=O) groups is 1. The molecule has 0 spiro atoms. The number of fused-ring (bicyclic) bond motifs is 1. The number of pyridine rings is 1. The van der Waals surface area contributed by atoms with Crippen LogP contribution in [0.3, 0.4) is 0 Å². The Kier molecular flexibility index (Phi) is 5.60. The normalized spacial score (nSPS) is 18.4. The maximum Gasteiger partial charge on any atom is 0.252 e. The number of benzene rings is 1. The van der Waals surface area contributed by atoms with Crippen molar-refractivity contribution in [3.63, 3.8) is 0 Å². The van der Waals surface area contributed by atoms with E-state index in [0.717, 1.165) is 37.7 Å². The second kappa shape index (κ2) is 8.31. The van der Waals surface area contributed by atoms with Crippen molar-refractivity contribution in [1.82, 2.24) is 29.7 Å². The van der Waals surface area contributed by atoms with Crippen molar-refractivity contribution >= 4 is 11.6 Å². The van der Waals surface area contributed by atoms with E-state index in [-0.39, 0.29) is 18.0 Å². The fraction of sp³-hybridized carbons (Fsp3) is 0.409. The van der Waals surface area contributed by atoms with E-state index in [1.54, 1.807) is 6.07 Å². The van der Waals surface area contributed by atoms with Crippen molar-refractivity contribution < 1.29 is 4.79 Å². The summed E-state index contributed by atoms with van der Waals surface area (Å²) in [7, 11) is 2.13. The monoisotopic (exact) mass is 392 g/mol. The predicted octanol–water partition coefficient (Wildman–Crippen LogP) is 2.36. The third-order valence-corrected chi connectivity index (χ3v) is 5.39. The number of carbonyl (C=O) groups excluding carboxylic acids is 1. The van der Waals surface area contributed by atoms with Crippen LogP contribution >= 0.6 is 0 Å². The molecule has 1 N–H and O–H groups in total. The third kappa shape index (κ3) is 4.31. The maximum absolute atomic E-state index is 12.4. The largest absolute Gasteiger partial charge is 0.350 e. The van der Waals surface area contributed by atoms with Crippen molar-refractivity contribution in [2.45, 2.75) is 32.5 Å². The number of likely N-dealkylation sites (N-methyl/N-ethyl adjacent to an activating group) is 1. The van der Waals surface area contributed by atoms with Gasteiger partial charge in [-0.2, -0.15) is 0 Å².